The molecule has 116 valence electrons. The van der Waals surface area contributed by atoms with Gasteiger partial charge in [-0.25, -0.2) is 4.98 Å². The van der Waals surface area contributed by atoms with Crippen molar-refractivity contribution in [3.05, 3.63) is 16.1 Å². The van der Waals surface area contributed by atoms with E-state index in [1.54, 1.807) is 0 Å². The Morgan fingerprint density at radius 3 is 2.80 bits per heavy atom. The van der Waals surface area contributed by atoms with E-state index < -0.39 is 0 Å². The van der Waals surface area contributed by atoms with E-state index in [1.165, 1.54) is 36.4 Å². The van der Waals surface area contributed by atoms with E-state index in [9.17, 15) is 0 Å². The van der Waals surface area contributed by atoms with Crippen LogP contribution >= 0.6 is 36.2 Å². The molecule has 0 amide bonds. The quantitative estimate of drug-likeness (QED) is 0.915. The molecule has 2 aliphatic rings. The van der Waals surface area contributed by atoms with Crippen molar-refractivity contribution in [2.24, 2.45) is 0 Å². The Labute approximate surface area is 138 Å². The number of hydrogen-bond acceptors (Lipinski definition) is 4. The van der Waals surface area contributed by atoms with Crippen molar-refractivity contribution in [2.75, 3.05) is 19.6 Å². The van der Waals surface area contributed by atoms with Crippen LogP contribution in [0.4, 0.5) is 0 Å². The lowest BCUT2D eigenvalue weighted by Gasteiger charge is -2.33. The van der Waals surface area contributed by atoms with Gasteiger partial charge in [-0.05, 0) is 19.8 Å². The maximum Gasteiger partial charge on any atom is 0.0959 e. The van der Waals surface area contributed by atoms with Gasteiger partial charge in [0.05, 0.1) is 10.7 Å². The van der Waals surface area contributed by atoms with Crippen LogP contribution in [0.5, 0.6) is 0 Å². The number of rotatable bonds is 3. The van der Waals surface area contributed by atoms with Gasteiger partial charge in [0.15, 0.2) is 0 Å². The van der Waals surface area contributed by atoms with Gasteiger partial charge in [-0.3, -0.25) is 4.90 Å². The molecule has 2 fully saturated rings. The minimum atomic E-state index is 0. The molecule has 1 aliphatic heterocycles. The predicted octanol–water partition coefficient (Wildman–Crippen LogP) is 3.44. The van der Waals surface area contributed by atoms with Gasteiger partial charge in [0.1, 0.15) is 0 Å². The monoisotopic (exact) mass is 337 g/mol. The molecular formula is C14H25Cl2N3S. The third kappa shape index (κ3) is 4.31. The number of nitrogens with zero attached hydrogens (tertiary/aromatic N) is 2. The first-order valence-electron chi connectivity index (χ1n) is 7.22. The highest BCUT2D eigenvalue weighted by molar-refractivity contribution is 7.09. The summed E-state index contributed by atoms with van der Waals surface area (Å²) >= 11 is 1.88. The molecule has 1 aromatic heterocycles. The molecule has 2 heterocycles. The average Bonchev–Trinajstić information content (AvgIpc) is 3.02. The van der Waals surface area contributed by atoms with Gasteiger partial charge in [0.25, 0.3) is 0 Å². The van der Waals surface area contributed by atoms with E-state index in [4.69, 9.17) is 4.98 Å². The van der Waals surface area contributed by atoms with Gasteiger partial charge in [-0.2, -0.15) is 0 Å². The number of aromatic nitrogens is 1. The van der Waals surface area contributed by atoms with E-state index in [0.717, 1.165) is 32.1 Å². The van der Waals surface area contributed by atoms with Crippen LogP contribution in [0.1, 0.15) is 49.2 Å². The maximum atomic E-state index is 4.88. The summed E-state index contributed by atoms with van der Waals surface area (Å²) in [5, 5.41) is 7.11. The minimum Gasteiger partial charge on any atom is -0.314 e. The van der Waals surface area contributed by atoms with Crippen molar-refractivity contribution in [1.29, 1.82) is 0 Å². The second kappa shape index (κ2) is 8.54. The molecule has 1 aromatic rings. The van der Waals surface area contributed by atoms with Gasteiger partial charge < -0.3 is 5.32 Å². The normalized spacial score (nSPS) is 24.1. The molecule has 1 atom stereocenters. The zero-order chi connectivity index (χ0) is 12.4. The molecule has 1 saturated heterocycles. The molecule has 1 aliphatic carbocycles. The predicted molar refractivity (Wildman–Crippen MR) is 90.6 cm³/mol. The van der Waals surface area contributed by atoms with Gasteiger partial charge in [-0.15, -0.1) is 36.2 Å². The van der Waals surface area contributed by atoms with Crippen LogP contribution in [-0.2, 0) is 6.54 Å². The Balaban J connectivity index is 0.000001000. The second-order valence-corrected chi connectivity index (χ2v) is 6.57. The lowest BCUT2D eigenvalue weighted by atomic mass is 10.1. The molecular weight excluding hydrogens is 313 g/mol. The summed E-state index contributed by atoms with van der Waals surface area (Å²) in [6.07, 6.45) is 5.51. The molecule has 0 aromatic carbocycles. The Bertz CT molecular complexity index is 394. The lowest BCUT2D eigenvalue weighted by molar-refractivity contribution is 0.164. The molecule has 0 unspecified atom stereocenters. The van der Waals surface area contributed by atoms with Crippen LogP contribution in [0.3, 0.4) is 0 Å². The zero-order valence-electron chi connectivity index (χ0n) is 12.0. The fraction of sp³-hybridized carbons (Fsp3) is 0.786. The van der Waals surface area contributed by atoms with Crippen LogP contribution in [0, 0.1) is 0 Å². The molecule has 0 bridgehead atoms. The van der Waals surface area contributed by atoms with E-state index in [1.807, 2.05) is 11.3 Å². The summed E-state index contributed by atoms with van der Waals surface area (Å²) in [6.45, 7) is 6.71. The summed E-state index contributed by atoms with van der Waals surface area (Å²) in [4.78, 5) is 7.42. The number of piperazine rings is 1. The molecule has 1 N–H and O–H groups in total. The maximum absolute atomic E-state index is 4.88. The molecule has 1 saturated carbocycles. The molecule has 3 rings (SSSR count). The number of halogens is 2. The van der Waals surface area contributed by atoms with E-state index in [0.29, 0.717) is 6.04 Å². The standard InChI is InChI=1S/C14H23N3S.2ClH/c1-11-8-15-6-7-17(11)9-13-10-18-14(16-13)12-4-2-3-5-12;;/h10-12,15H,2-9H2,1H3;2*1H/t11-;;/m0../s1. The van der Waals surface area contributed by atoms with Crippen LogP contribution in [-0.4, -0.2) is 35.6 Å². The second-order valence-electron chi connectivity index (χ2n) is 5.68. The third-order valence-corrected chi connectivity index (χ3v) is 5.33. The van der Waals surface area contributed by atoms with Gasteiger partial charge in [0.2, 0.25) is 0 Å². The highest BCUT2D eigenvalue weighted by atomic mass is 35.5. The highest BCUT2D eigenvalue weighted by Crippen LogP contribution is 2.35. The number of nitrogens with one attached hydrogen (secondary N) is 1. The minimum absolute atomic E-state index is 0. The van der Waals surface area contributed by atoms with Crippen molar-refractivity contribution < 1.29 is 0 Å². The fourth-order valence-corrected chi connectivity index (χ4v) is 4.06. The molecule has 6 heteroatoms. The van der Waals surface area contributed by atoms with Crippen LogP contribution in [0.25, 0.3) is 0 Å². The van der Waals surface area contributed by atoms with Crippen molar-refractivity contribution >= 4 is 36.2 Å². The Morgan fingerprint density at radius 2 is 2.10 bits per heavy atom. The van der Waals surface area contributed by atoms with Gasteiger partial charge in [0, 0.05) is 43.5 Å². The molecule has 0 spiro atoms. The topological polar surface area (TPSA) is 28.2 Å². The summed E-state index contributed by atoms with van der Waals surface area (Å²) < 4.78 is 0. The summed E-state index contributed by atoms with van der Waals surface area (Å²) in [5.74, 6) is 0.768. The van der Waals surface area contributed by atoms with Crippen LogP contribution in [0.2, 0.25) is 0 Å². The first-order chi connectivity index (χ1) is 8.83. The van der Waals surface area contributed by atoms with Crippen molar-refractivity contribution in [3.8, 4) is 0 Å². The first kappa shape index (κ1) is 18.2. The van der Waals surface area contributed by atoms with Gasteiger partial charge >= 0.3 is 0 Å². The summed E-state index contributed by atoms with van der Waals surface area (Å²) in [5.41, 5.74) is 1.29. The summed E-state index contributed by atoms with van der Waals surface area (Å²) in [7, 11) is 0. The third-order valence-electron chi connectivity index (χ3n) is 4.28. The van der Waals surface area contributed by atoms with E-state index in [2.05, 4.69) is 22.5 Å². The molecule has 3 nitrogen and oxygen atoms in total. The fourth-order valence-electron chi connectivity index (χ4n) is 3.08. The van der Waals surface area contributed by atoms with E-state index >= 15 is 0 Å². The number of hydrogen-bond donors (Lipinski definition) is 1. The summed E-state index contributed by atoms with van der Waals surface area (Å²) in [6, 6.07) is 0.635. The Hall–Kier alpha value is 0.130. The lowest BCUT2D eigenvalue weighted by Crippen LogP contribution is -2.49. The Morgan fingerprint density at radius 1 is 1.35 bits per heavy atom. The average molecular weight is 338 g/mol. The Kier molecular flexibility index (Phi) is 7.77. The van der Waals surface area contributed by atoms with Crippen LogP contribution in [0.15, 0.2) is 5.38 Å². The van der Waals surface area contributed by atoms with Crippen molar-refractivity contribution in [2.45, 2.75) is 51.1 Å². The van der Waals surface area contributed by atoms with Crippen molar-refractivity contribution in [3.63, 3.8) is 0 Å². The highest BCUT2D eigenvalue weighted by Gasteiger charge is 2.22. The smallest absolute Gasteiger partial charge is 0.0959 e. The first-order valence-corrected chi connectivity index (χ1v) is 8.10. The molecule has 0 radical (unpaired) electrons. The SMILES string of the molecule is C[C@H]1CNCCN1Cc1csc(C2CCCC2)n1.Cl.Cl. The number of thiazole rings is 1. The van der Waals surface area contributed by atoms with E-state index in [-0.39, 0.29) is 24.8 Å². The van der Waals surface area contributed by atoms with Crippen LogP contribution < -0.4 is 5.32 Å². The van der Waals surface area contributed by atoms with Crippen molar-refractivity contribution in [1.82, 2.24) is 15.2 Å². The molecule has 20 heavy (non-hydrogen) atoms. The zero-order valence-corrected chi connectivity index (χ0v) is 14.5. The van der Waals surface area contributed by atoms with Gasteiger partial charge in [-0.1, -0.05) is 12.8 Å². The largest absolute Gasteiger partial charge is 0.314 e.